The Morgan fingerprint density at radius 2 is 2.04 bits per heavy atom. The minimum atomic E-state index is -3.70. The summed E-state index contributed by atoms with van der Waals surface area (Å²) < 4.78 is 26.3. The molecule has 0 saturated heterocycles. The Labute approximate surface area is 162 Å². The Bertz CT molecular complexity index is 1010. The van der Waals surface area contributed by atoms with E-state index < -0.39 is 26.8 Å². The Hall–Kier alpha value is -2.98. The summed E-state index contributed by atoms with van der Waals surface area (Å²) in [6, 6.07) is 5.66. The van der Waals surface area contributed by atoms with Crippen LogP contribution < -0.4 is 10.0 Å². The van der Waals surface area contributed by atoms with Crippen LogP contribution in [0.5, 0.6) is 0 Å². The maximum absolute atomic E-state index is 12.0. The van der Waals surface area contributed by atoms with Crippen molar-refractivity contribution in [3.8, 4) is 0 Å². The number of sulfonamides is 1. The zero-order valence-electron chi connectivity index (χ0n) is 15.6. The molecule has 1 aromatic rings. The molecule has 28 heavy (non-hydrogen) atoms. The zero-order valence-corrected chi connectivity index (χ0v) is 16.4. The Balaban J connectivity index is 2.66. The van der Waals surface area contributed by atoms with Crippen molar-refractivity contribution in [1.29, 1.82) is 0 Å². The smallest absolute Gasteiger partial charge is 0.334 e. The van der Waals surface area contributed by atoms with Gasteiger partial charge >= 0.3 is 5.97 Å². The fourth-order valence-corrected chi connectivity index (χ4v) is 3.92. The first-order valence-electron chi connectivity index (χ1n) is 8.41. The summed E-state index contributed by atoms with van der Waals surface area (Å²) in [4.78, 5) is 22.5. The highest BCUT2D eigenvalue weighted by Gasteiger charge is 2.32. The highest BCUT2D eigenvalue weighted by molar-refractivity contribution is 7.92. The molecular weight excluding hydrogens is 386 g/mol. The zero-order chi connectivity index (χ0) is 21.1. The number of hydrogen-bond acceptors (Lipinski definition) is 6. The van der Waals surface area contributed by atoms with Gasteiger partial charge in [0, 0.05) is 41.4 Å². The third kappa shape index (κ3) is 4.65. The van der Waals surface area contributed by atoms with Crippen molar-refractivity contribution in [2.45, 2.75) is 26.7 Å². The Morgan fingerprint density at radius 3 is 2.61 bits per heavy atom. The number of carboxylic acids is 1. The van der Waals surface area contributed by atoms with Crippen molar-refractivity contribution in [3.05, 3.63) is 74.0 Å². The van der Waals surface area contributed by atoms with Crippen molar-refractivity contribution < 1.29 is 23.2 Å². The molecule has 0 aliphatic carbocycles. The van der Waals surface area contributed by atoms with Gasteiger partial charge in [-0.15, -0.1) is 0 Å². The van der Waals surface area contributed by atoms with E-state index in [2.05, 4.69) is 10.0 Å². The van der Waals surface area contributed by atoms with Gasteiger partial charge in [-0.2, -0.15) is 0 Å². The minimum Gasteiger partial charge on any atom is -0.478 e. The van der Waals surface area contributed by atoms with Crippen molar-refractivity contribution in [1.82, 2.24) is 10.0 Å². The number of benzene rings is 1. The van der Waals surface area contributed by atoms with E-state index in [0.29, 0.717) is 22.5 Å². The molecule has 1 unspecified atom stereocenters. The number of dihydropyridines is 1. The number of allylic oxidation sites excluding steroid dienone is 4. The van der Waals surface area contributed by atoms with Crippen molar-refractivity contribution in [3.63, 3.8) is 0 Å². The summed E-state index contributed by atoms with van der Waals surface area (Å²) in [5.41, 5.74) is 1.53. The molecule has 2 rings (SSSR count). The quantitative estimate of drug-likeness (QED) is 0.466. The molecule has 1 atom stereocenters. The minimum absolute atomic E-state index is 0.00778. The van der Waals surface area contributed by atoms with Gasteiger partial charge in [0.2, 0.25) is 10.0 Å². The second-order valence-corrected chi connectivity index (χ2v) is 7.83. The second-order valence-electron chi connectivity index (χ2n) is 6.18. The molecule has 150 valence electrons. The van der Waals surface area contributed by atoms with Crippen LogP contribution in [0.1, 0.15) is 32.3 Å². The summed E-state index contributed by atoms with van der Waals surface area (Å²) in [5, 5.41) is 24.8. The maximum Gasteiger partial charge on any atom is 0.334 e. The topological polar surface area (TPSA) is 139 Å². The van der Waals surface area contributed by atoms with E-state index in [1.165, 1.54) is 24.3 Å². The molecule has 0 spiro atoms. The van der Waals surface area contributed by atoms with E-state index in [1.54, 1.807) is 26.8 Å². The van der Waals surface area contributed by atoms with E-state index in [0.717, 1.165) is 5.41 Å². The van der Waals surface area contributed by atoms with Crippen LogP contribution in [0.4, 0.5) is 5.69 Å². The number of nitro benzene ring substituents is 1. The lowest BCUT2D eigenvalue weighted by molar-refractivity contribution is -0.384. The van der Waals surface area contributed by atoms with Crippen molar-refractivity contribution in [2.75, 3.05) is 6.54 Å². The van der Waals surface area contributed by atoms with Gasteiger partial charge in [0.25, 0.3) is 5.69 Å². The molecule has 9 nitrogen and oxygen atoms in total. The third-order valence-corrected chi connectivity index (χ3v) is 5.41. The molecule has 1 heterocycles. The lowest BCUT2D eigenvalue weighted by atomic mass is 9.80. The number of carbonyl (C=O) groups is 1. The van der Waals surface area contributed by atoms with Crippen LogP contribution in [-0.2, 0) is 14.8 Å². The molecule has 0 radical (unpaired) electrons. The van der Waals surface area contributed by atoms with Gasteiger partial charge in [0.05, 0.1) is 10.5 Å². The fraction of sp³-hybridized carbons (Fsp3) is 0.278. The van der Waals surface area contributed by atoms with Gasteiger partial charge in [-0.3, -0.25) is 10.1 Å². The first-order chi connectivity index (χ1) is 13.1. The van der Waals surface area contributed by atoms with Crippen LogP contribution in [0.25, 0.3) is 0 Å². The Morgan fingerprint density at radius 1 is 1.36 bits per heavy atom. The summed E-state index contributed by atoms with van der Waals surface area (Å²) >= 11 is 0. The van der Waals surface area contributed by atoms with Crippen LogP contribution in [0.3, 0.4) is 0 Å². The van der Waals surface area contributed by atoms with Crippen molar-refractivity contribution >= 4 is 21.7 Å². The standard InChI is InChI=1S/C18H21N3O6S/c1-4-19-28(26,27)9-8-15-11(2)20-12(3)16(18(22)23)17(15)13-6-5-7-14(10-13)21(24)25/h5-10,17,19-20H,4H2,1-3H3,(H,22,23)/b9-8+. The number of nitrogens with one attached hydrogen (secondary N) is 2. The SMILES string of the molecule is CCNS(=O)(=O)/C=C/C1=C(C)NC(C)=C(C(=O)O)C1c1cccc([N+](=O)[O-])c1. The average molecular weight is 407 g/mol. The van der Waals surface area contributed by atoms with E-state index >= 15 is 0 Å². The van der Waals surface area contributed by atoms with E-state index in [1.807, 2.05) is 0 Å². The van der Waals surface area contributed by atoms with Crippen LogP contribution in [0.15, 0.2) is 58.3 Å². The summed E-state index contributed by atoms with van der Waals surface area (Å²) in [5.74, 6) is -2.07. The van der Waals surface area contributed by atoms with Gasteiger partial charge in [-0.05, 0) is 31.1 Å². The van der Waals surface area contributed by atoms with Gasteiger partial charge in [0.15, 0.2) is 0 Å². The highest BCUT2D eigenvalue weighted by Crippen LogP contribution is 2.39. The molecule has 0 saturated carbocycles. The molecular formula is C18H21N3O6S. The highest BCUT2D eigenvalue weighted by atomic mass is 32.2. The number of carboxylic acid groups (broad SMARTS) is 1. The number of non-ortho nitro benzene ring substituents is 1. The molecule has 1 aliphatic heterocycles. The molecule has 1 aromatic carbocycles. The molecule has 10 heteroatoms. The Kier molecular flexibility index (Phi) is 6.37. The van der Waals surface area contributed by atoms with E-state index in [9.17, 15) is 28.4 Å². The summed E-state index contributed by atoms with van der Waals surface area (Å²) in [7, 11) is -3.70. The fourth-order valence-electron chi connectivity index (χ4n) is 3.09. The van der Waals surface area contributed by atoms with Gasteiger partial charge < -0.3 is 10.4 Å². The van der Waals surface area contributed by atoms with Gasteiger partial charge in [0.1, 0.15) is 0 Å². The molecule has 3 N–H and O–H groups in total. The van der Waals surface area contributed by atoms with Crippen LogP contribution >= 0.6 is 0 Å². The second kappa shape index (κ2) is 8.36. The predicted molar refractivity (Wildman–Crippen MR) is 104 cm³/mol. The first-order valence-corrected chi connectivity index (χ1v) is 9.96. The van der Waals surface area contributed by atoms with Crippen LogP contribution in [0, 0.1) is 10.1 Å². The average Bonchev–Trinajstić information content (AvgIpc) is 2.59. The molecule has 0 amide bonds. The summed E-state index contributed by atoms with van der Waals surface area (Å²) in [6.07, 6.45) is 1.32. The summed E-state index contributed by atoms with van der Waals surface area (Å²) in [6.45, 7) is 5.12. The lowest BCUT2D eigenvalue weighted by Gasteiger charge is -2.29. The first kappa shape index (κ1) is 21.3. The molecule has 0 bridgehead atoms. The van der Waals surface area contributed by atoms with Gasteiger partial charge in [-0.25, -0.2) is 17.9 Å². The number of rotatable bonds is 7. The predicted octanol–water partition coefficient (Wildman–Crippen LogP) is 2.37. The number of aliphatic carboxylic acids is 1. The van der Waals surface area contributed by atoms with Gasteiger partial charge in [-0.1, -0.05) is 19.1 Å². The number of nitrogens with zero attached hydrogens (tertiary/aromatic N) is 1. The molecule has 1 aliphatic rings. The number of hydrogen-bond donors (Lipinski definition) is 3. The largest absolute Gasteiger partial charge is 0.478 e. The van der Waals surface area contributed by atoms with Crippen LogP contribution in [-0.4, -0.2) is 31.0 Å². The maximum atomic E-state index is 12.0. The monoisotopic (exact) mass is 407 g/mol. The van der Waals surface area contributed by atoms with Crippen LogP contribution in [0.2, 0.25) is 0 Å². The van der Waals surface area contributed by atoms with Crippen molar-refractivity contribution in [2.24, 2.45) is 0 Å². The number of nitro groups is 1. The third-order valence-electron chi connectivity index (χ3n) is 4.23. The normalized spacial score (nSPS) is 17.8. The van der Waals surface area contributed by atoms with E-state index in [4.69, 9.17) is 0 Å². The molecule has 0 fully saturated rings. The van der Waals surface area contributed by atoms with E-state index in [-0.39, 0.29) is 17.8 Å². The molecule has 0 aromatic heterocycles. The lowest BCUT2D eigenvalue weighted by Crippen LogP contribution is -2.28.